The minimum absolute atomic E-state index is 0. The van der Waals surface area contributed by atoms with Gasteiger partial charge in [-0.15, -0.1) is 12.4 Å². The van der Waals surface area contributed by atoms with Crippen LogP contribution in [-0.4, -0.2) is 34.4 Å². The number of nitrogens with one attached hydrogen (secondary N) is 1. The van der Waals surface area contributed by atoms with Crippen molar-refractivity contribution >= 4 is 18.3 Å². The van der Waals surface area contributed by atoms with Crippen molar-refractivity contribution in [3.8, 4) is 11.3 Å². The molecule has 1 saturated heterocycles. The number of H-pyrrole nitrogens is 1. The highest BCUT2D eigenvalue weighted by Crippen LogP contribution is 2.21. The van der Waals surface area contributed by atoms with Crippen molar-refractivity contribution in [1.29, 1.82) is 0 Å². The Hall–Kier alpha value is -2.11. The van der Waals surface area contributed by atoms with Gasteiger partial charge in [0, 0.05) is 24.3 Å². The van der Waals surface area contributed by atoms with Gasteiger partial charge in [-0.05, 0) is 43.9 Å². The zero-order chi connectivity index (χ0) is 17.1. The van der Waals surface area contributed by atoms with Crippen LogP contribution in [0.5, 0.6) is 0 Å². The number of hydrogen-bond acceptors (Lipinski definition) is 3. The molecule has 1 fully saturated rings. The summed E-state index contributed by atoms with van der Waals surface area (Å²) >= 11 is 0. The number of nitrogens with two attached hydrogens (primary N) is 1. The molecule has 134 valence electrons. The highest BCUT2D eigenvalue weighted by molar-refractivity contribution is 5.94. The minimum atomic E-state index is -0.352. The van der Waals surface area contributed by atoms with Crippen molar-refractivity contribution in [2.45, 2.75) is 38.3 Å². The first-order chi connectivity index (χ1) is 11.6. The molecule has 1 aliphatic heterocycles. The van der Waals surface area contributed by atoms with E-state index < -0.39 is 0 Å². The standard InChI is InChI=1S/C19H23N3O2.ClH/c1-13(20)17-9-5-6-12-22(17)19(24)15-10-11-16(21-18(15)23)14-7-3-2-4-8-14;/h2-4,7-8,10-11,13,17H,5-6,9,12,20H2,1H3,(H,21,23);1H. The maximum atomic E-state index is 12.8. The van der Waals surface area contributed by atoms with Crippen LogP contribution < -0.4 is 11.3 Å². The lowest BCUT2D eigenvalue weighted by molar-refractivity contribution is 0.0582. The molecule has 0 aliphatic carbocycles. The number of rotatable bonds is 3. The zero-order valence-electron chi connectivity index (χ0n) is 14.3. The third-order valence-electron chi connectivity index (χ3n) is 4.64. The van der Waals surface area contributed by atoms with E-state index in [4.69, 9.17) is 5.73 Å². The Balaban J connectivity index is 0.00000225. The second kappa shape index (κ2) is 8.32. The Morgan fingerprint density at radius 2 is 1.92 bits per heavy atom. The van der Waals surface area contributed by atoms with Gasteiger partial charge in [0.15, 0.2) is 0 Å². The molecule has 6 heteroatoms. The predicted octanol–water partition coefficient (Wildman–Crippen LogP) is 2.81. The summed E-state index contributed by atoms with van der Waals surface area (Å²) in [5, 5.41) is 0. The van der Waals surface area contributed by atoms with Gasteiger partial charge < -0.3 is 15.6 Å². The van der Waals surface area contributed by atoms with Crippen LogP contribution in [0.4, 0.5) is 0 Å². The molecular weight excluding hydrogens is 338 g/mol. The summed E-state index contributed by atoms with van der Waals surface area (Å²) < 4.78 is 0. The number of aromatic amines is 1. The number of carbonyl (C=O) groups excluding carboxylic acids is 1. The van der Waals surface area contributed by atoms with Crippen molar-refractivity contribution in [2.75, 3.05) is 6.54 Å². The second-order valence-electron chi connectivity index (χ2n) is 6.40. The number of carbonyl (C=O) groups is 1. The largest absolute Gasteiger partial charge is 0.334 e. The number of benzene rings is 1. The van der Waals surface area contributed by atoms with E-state index in [1.807, 2.05) is 37.3 Å². The summed E-state index contributed by atoms with van der Waals surface area (Å²) in [6.45, 7) is 2.57. The van der Waals surface area contributed by atoms with Gasteiger partial charge in [-0.2, -0.15) is 0 Å². The number of halogens is 1. The van der Waals surface area contributed by atoms with Gasteiger partial charge in [-0.25, -0.2) is 0 Å². The van der Waals surface area contributed by atoms with Crippen LogP contribution in [0.2, 0.25) is 0 Å². The average Bonchev–Trinajstić information content (AvgIpc) is 2.62. The summed E-state index contributed by atoms with van der Waals surface area (Å²) in [7, 11) is 0. The fraction of sp³-hybridized carbons (Fsp3) is 0.368. The Bertz CT molecular complexity index is 774. The van der Waals surface area contributed by atoms with Gasteiger partial charge >= 0.3 is 0 Å². The second-order valence-corrected chi connectivity index (χ2v) is 6.40. The van der Waals surface area contributed by atoms with Gasteiger partial charge in [-0.3, -0.25) is 9.59 Å². The van der Waals surface area contributed by atoms with E-state index >= 15 is 0 Å². The number of nitrogens with zero attached hydrogens (tertiary/aromatic N) is 1. The van der Waals surface area contributed by atoms with E-state index in [0.29, 0.717) is 12.2 Å². The van der Waals surface area contributed by atoms with Crippen molar-refractivity contribution in [1.82, 2.24) is 9.88 Å². The van der Waals surface area contributed by atoms with Gasteiger partial charge in [-0.1, -0.05) is 30.3 Å². The summed E-state index contributed by atoms with van der Waals surface area (Å²) in [6.07, 6.45) is 2.91. The molecule has 0 spiro atoms. The monoisotopic (exact) mass is 361 g/mol. The summed E-state index contributed by atoms with van der Waals surface area (Å²) in [6, 6.07) is 12.9. The van der Waals surface area contributed by atoms with E-state index in [-0.39, 0.29) is 41.5 Å². The van der Waals surface area contributed by atoms with Crippen molar-refractivity contribution in [2.24, 2.45) is 5.73 Å². The van der Waals surface area contributed by atoms with Gasteiger partial charge in [0.25, 0.3) is 11.5 Å². The molecule has 3 N–H and O–H groups in total. The van der Waals surface area contributed by atoms with Crippen LogP contribution in [0.3, 0.4) is 0 Å². The van der Waals surface area contributed by atoms with Gasteiger partial charge in [0.05, 0.1) is 0 Å². The summed E-state index contributed by atoms with van der Waals surface area (Å²) in [5.74, 6) is -0.224. The molecule has 1 aliphatic rings. The normalized spacial score (nSPS) is 18.3. The smallest absolute Gasteiger partial charge is 0.261 e. The number of aromatic nitrogens is 1. The molecule has 5 nitrogen and oxygen atoms in total. The summed E-state index contributed by atoms with van der Waals surface area (Å²) in [4.78, 5) is 29.9. The first kappa shape index (κ1) is 19.2. The maximum absolute atomic E-state index is 12.8. The minimum Gasteiger partial charge on any atom is -0.334 e. The molecule has 1 aromatic heterocycles. The van der Waals surface area contributed by atoms with Crippen LogP contribution in [0.15, 0.2) is 47.3 Å². The van der Waals surface area contributed by atoms with E-state index in [2.05, 4.69) is 4.98 Å². The van der Waals surface area contributed by atoms with Gasteiger partial charge in [0.1, 0.15) is 5.56 Å². The van der Waals surface area contributed by atoms with Crippen LogP contribution in [-0.2, 0) is 0 Å². The fourth-order valence-corrected chi connectivity index (χ4v) is 3.34. The van der Waals surface area contributed by atoms with E-state index in [9.17, 15) is 9.59 Å². The topological polar surface area (TPSA) is 79.2 Å². The third-order valence-corrected chi connectivity index (χ3v) is 4.64. The molecule has 0 saturated carbocycles. The molecule has 2 heterocycles. The lowest BCUT2D eigenvalue weighted by Crippen LogP contribution is -2.52. The van der Waals surface area contributed by atoms with Crippen molar-refractivity contribution in [3.63, 3.8) is 0 Å². The Morgan fingerprint density at radius 1 is 1.20 bits per heavy atom. The van der Waals surface area contributed by atoms with E-state index in [1.165, 1.54) is 0 Å². The van der Waals surface area contributed by atoms with Crippen LogP contribution in [0.25, 0.3) is 11.3 Å². The number of hydrogen-bond donors (Lipinski definition) is 2. The fourth-order valence-electron chi connectivity index (χ4n) is 3.34. The third kappa shape index (κ3) is 4.11. The lowest BCUT2D eigenvalue weighted by Gasteiger charge is -2.38. The molecule has 3 rings (SSSR count). The van der Waals surface area contributed by atoms with Crippen LogP contribution >= 0.6 is 12.4 Å². The number of likely N-dealkylation sites (tertiary alicyclic amines) is 1. The average molecular weight is 362 g/mol. The van der Waals surface area contributed by atoms with Crippen LogP contribution in [0.1, 0.15) is 36.5 Å². The first-order valence-electron chi connectivity index (χ1n) is 8.43. The van der Waals surface area contributed by atoms with Crippen molar-refractivity contribution in [3.05, 3.63) is 58.4 Å². The number of pyridine rings is 1. The zero-order valence-corrected chi connectivity index (χ0v) is 15.1. The predicted molar refractivity (Wildman–Crippen MR) is 102 cm³/mol. The Morgan fingerprint density at radius 3 is 2.56 bits per heavy atom. The molecule has 2 aromatic rings. The summed E-state index contributed by atoms with van der Waals surface area (Å²) in [5.41, 5.74) is 7.49. The van der Waals surface area contributed by atoms with Crippen LogP contribution in [0, 0.1) is 0 Å². The SMILES string of the molecule is CC(N)C1CCCCN1C(=O)c1ccc(-c2ccccc2)[nH]c1=O.Cl. The Labute approximate surface area is 153 Å². The first-order valence-corrected chi connectivity index (χ1v) is 8.43. The quantitative estimate of drug-likeness (QED) is 0.882. The van der Waals surface area contributed by atoms with Gasteiger partial charge in [0.2, 0.25) is 0 Å². The van der Waals surface area contributed by atoms with Crippen molar-refractivity contribution < 1.29 is 4.79 Å². The molecule has 1 amide bonds. The van der Waals surface area contributed by atoms with E-state index in [1.54, 1.807) is 17.0 Å². The van der Waals surface area contributed by atoms with E-state index in [0.717, 1.165) is 24.8 Å². The number of amides is 1. The Kier molecular flexibility index (Phi) is 6.39. The molecule has 0 bridgehead atoms. The molecule has 2 unspecified atom stereocenters. The lowest BCUT2D eigenvalue weighted by atomic mass is 9.96. The molecule has 2 atom stereocenters. The highest BCUT2D eigenvalue weighted by atomic mass is 35.5. The maximum Gasteiger partial charge on any atom is 0.261 e. The molecule has 1 aromatic carbocycles. The molecule has 25 heavy (non-hydrogen) atoms. The molecule has 0 radical (unpaired) electrons. The number of piperidine rings is 1. The highest BCUT2D eigenvalue weighted by Gasteiger charge is 2.30. The molecular formula is C19H24ClN3O2.